The van der Waals surface area contributed by atoms with Crippen molar-refractivity contribution in [3.63, 3.8) is 0 Å². The molecule has 0 aromatic heterocycles. The molecule has 0 radical (unpaired) electrons. The van der Waals surface area contributed by atoms with Crippen molar-refractivity contribution in [2.75, 3.05) is 19.4 Å². The van der Waals surface area contributed by atoms with Crippen LogP contribution in [0.2, 0.25) is 0 Å². The second-order valence-electron chi connectivity index (χ2n) is 5.39. The number of carbonyl (C=O) groups excluding carboxylic acids is 1. The molecule has 0 bridgehead atoms. The van der Waals surface area contributed by atoms with Crippen LogP contribution in [0.3, 0.4) is 0 Å². The summed E-state index contributed by atoms with van der Waals surface area (Å²) >= 11 is 1.53. The number of rotatable bonds is 5. The van der Waals surface area contributed by atoms with Gasteiger partial charge in [0, 0.05) is 17.9 Å². The molecule has 0 fully saturated rings. The molecule has 2 aromatic carbocycles. The fourth-order valence-corrected chi connectivity index (χ4v) is 3.24. The lowest BCUT2D eigenvalue weighted by molar-refractivity contribution is 0.0913. The van der Waals surface area contributed by atoms with Crippen molar-refractivity contribution >= 4 is 17.7 Å². The van der Waals surface area contributed by atoms with Crippen LogP contribution < -0.4 is 10.1 Å². The van der Waals surface area contributed by atoms with E-state index in [1.807, 2.05) is 42.7 Å². The van der Waals surface area contributed by atoms with Gasteiger partial charge < -0.3 is 15.2 Å². The third kappa shape index (κ3) is 3.51. The van der Waals surface area contributed by atoms with Crippen molar-refractivity contribution in [1.29, 1.82) is 0 Å². The number of ether oxygens (including phenoxy) is 1. The number of nitrogens with one attached hydrogen (secondary N) is 1. The molecule has 3 rings (SSSR count). The molecule has 0 spiro atoms. The zero-order valence-electron chi connectivity index (χ0n) is 12.9. The minimum atomic E-state index is -0.730. The van der Waals surface area contributed by atoms with E-state index >= 15 is 0 Å². The first-order valence-electron chi connectivity index (χ1n) is 7.54. The predicted molar refractivity (Wildman–Crippen MR) is 91.2 cm³/mol. The average Bonchev–Trinajstić information content (AvgIpc) is 3.06. The number of aliphatic hydroxyl groups excluding tert-OH is 1. The molecule has 2 aromatic rings. The highest BCUT2D eigenvalue weighted by Crippen LogP contribution is 2.28. The van der Waals surface area contributed by atoms with Crippen molar-refractivity contribution in [2.24, 2.45) is 0 Å². The van der Waals surface area contributed by atoms with E-state index in [1.54, 1.807) is 6.07 Å². The molecule has 4 nitrogen and oxygen atoms in total. The number of carbonyl (C=O) groups is 1. The van der Waals surface area contributed by atoms with Gasteiger partial charge in [-0.2, -0.15) is 0 Å². The molecule has 120 valence electrons. The summed E-state index contributed by atoms with van der Waals surface area (Å²) < 4.78 is 5.46. The molecule has 5 heteroatoms. The van der Waals surface area contributed by atoms with Crippen molar-refractivity contribution in [2.45, 2.75) is 17.4 Å². The van der Waals surface area contributed by atoms with E-state index in [2.05, 4.69) is 5.32 Å². The fourth-order valence-electron chi connectivity index (χ4n) is 2.65. The maximum absolute atomic E-state index is 12.3. The molecule has 23 heavy (non-hydrogen) atoms. The number of benzene rings is 2. The van der Waals surface area contributed by atoms with E-state index in [9.17, 15) is 9.90 Å². The Kier molecular flexibility index (Phi) is 4.88. The quantitative estimate of drug-likeness (QED) is 0.828. The molecule has 2 N–H and O–H groups in total. The van der Waals surface area contributed by atoms with Crippen LogP contribution in [0.4, 0.5) is 0 Å². The molecule has 1 atom stereocenters. The van der Waals surface area contributed by atoms with E-state index in [0.717, 1.165) is 28.2 Å². The Morgan fingerprint density at radius 3 is 3.00 bits per heavy atom. The fraction of sp³-hybridized carbons (Fsp3) is 0.278. The monoisotopic (exact) mass is 329 g/mol. The minimum Gasteiger partial charge on any atom is -0.493 e. The molecule has 0 saturated heterocycles. The Hall–Kier alpha value is -1.98. The maximum atomic E-state index is 12.3. The van der Waals surface area contributed by atoms with Crippen LogP contribution in [0, 0.1) is 0 Å². The Morgan fingerprint density at radius 2 is 2.17 bits per heavy atom. The second-order valence-corrected chi connectivity index (χ2v) is 6.24. The number of hydrogen-bond donors (Lipinski definition) is 2. The van der Waals surface area contributed by atoms with Crippen LogP contribution in [0.1, 0.15) is 27.6 Å². The molecule has 1 aliphatic rings. The summed E-state index contributed by atoms with van der Waals surface area (Å²) in [7, 11) is 0. The van der Waals surface area contributed by atoms with Gasteiger partial charge in [-0.25, -0.2) is 0 Å². The van der Waals surface area contributed by atoms with Crippen LogP contribution >= 0.6 is 11.8 Å². The van der Waals surface area contributed by atoms with Crippen molar-refractivity contribution in [3.8, 4) is 5.75 Å². The highest BCUT2D eigenvalue weighted by atomic mass is 32.2. The van der Waals surface area contributed by atoms with Gasteiger partial charge in [0.2, 0.25) is 0 Å². The Bertz CT molecular complexity index is 717. The maximum Gasteiger partial charge on any atom is 0.252 e. The van der Waals surface area contributed by atoms with Gasteiger partial charge in [0.05, 0.1) is 18.3 Å². The Balaban J connectivity index is 1.64. The third-order valence-electron chi connectivity index (χ3n) is 3.91. The molecule has 0 aliphatic carbocycles. The number of hydrogen-bond acceptors (Lipinski definition) is 4. The number of thioether (sulfide) groups is 1. The molecule has 1 heterocycles. The lowest BCUT2D eigenvalue weighted by Crippen LogP contribution is -2.28. The van der Waals surface area contributed by atoms with Gasteiger partial charge >= 0.3 is 0 Å². The number of aliphatic hydroxyl groups is 1. The van der Waals surface area contributed by atoms with Crippen LogP contribution in [-0.2, 0) is 6.42 Å². The van der Waals surface area contributed by atoms with Crippen LogP contribution in [0.5, 0.6) is 5.75 Å². The zero-order chi connectivity index (χ0) is 16.2. The second kappa shape index (κ2) is 7.06. The van der Waals surface area contributed by atoms with Gasteiger partial charge in [-0.1, -0.05) is 18.2 Å². The lowest BCUT2D eigenvalue weighted by atomic mass is 10.0. The average molecular weight is 329 g/mol. The number of fused-ring (bicyclic) bond motifs is 1. The summed E-state index contributed by atoms with van der Waals surface area (Å²) in [4.78, 5) is 13.2. The molecular formula is C18H19NO3S. The first-order chi connectivity index (χ1) is 11.2. The van der Waals surface area contributed by atoms with Gasteiger partial charge in [-0.15, -0.1) is 11.8 Å². The summed E-state index contributed by atoms with van der Waals surface area (Å²) in [6, 6.07) is 13.1. The first kappa shape index (κ1) is 15.9. The zero-order valence-corrected chi connectivity index (χ0v) is 13.7. The SMILES string of the molecule is CSc1ccccc1C(=O)NCC(O)c1ccc2c(c1)CCO2. The highest BCUT2D eigenvalue weighted by Gasteiger charge is 2.17. The van der Waals surface area contributed by atoms with Gasteiger partial charge in [0.25, 0.3) is 5.91 Å². The smallest absolute Gasteiger partial charge is 0.252 e. The van der Waals surface area contributed by atoms with Crippen LogP contribution in [0.15, 0.2) is 47.4 Å². The lowest BCUT2D eigenvalue weighted by Gasteiger charge is -2.14. The first-order valence-corrected chi connectivity index (χ1v) is 8.76. The molecule has 0 saturated carbocycles. The van der Waals surface area contributed by atoms with Gasteiger partial charge in [0.15, 0.2) is 0 Å². The van der Waals surface area contributed by atoms with E-state index in [0.29, 0.717) is 12.2 Å². The molecule has 1 aliphatic heterocycles. The minimum absolute atomic E-state index is 0.168. The number of amides is 1. The Labute approximate surface area is 139 Å². The summed E-state index contributed by atoms with van der Waals surface area (Å²) in [5, 5.41) is 13.1. The summed E-state index contributed by atoms with van der Waals surface area (Å²) in [5.41, 5.74) is 2.54. The predicted octanol–water partition coefficient (Wildman–Crippen LogP) is 2.81. The van der Waals surface area contributed by atoms with Gasteiger partial charge in [-0.3, -0.25) is 4.79 Å². The molecule has 1 unspecified atom stereocenters. The third-order valence-corrected chi connectivity index (χ3v) is 4.70. The Morgan fingerprint density at radius 1 is 1.35 bits per heavy atom. The molecule has 1 amide bonds. The standard InChI is InChI=1S/C18H19NO3S/c1-23-17-5-3-2-4-14(17)18(21)19-11-15(20)12-6-7-16-13(10-12)8-9-22-16/h2-7,10,15,20H,8-9,11H2,1H3,(H,19,21). The van der Waals surface area contributed by atoms with Crippen molar-refractivity contribution in [3.05, 3.63) is 59.2 Å². The van der Waals surface area contributed by atoms with Gasteiger partial charge in [0.1, 0.15) is 5.75 Å². The van der Waals surface area contributed by atoms with E-state index in [1.165, 1.54) is 11.8 Å². The van der Waals surface area contributed by atoms with Crippen LogP contribution in [-0.4, -0.2) is 30.4 Å². The van der Waals surface area contributed by atoms with E-state index in [4.69, 9.17) is 4.74 Å². The topological polar surface area (TPSA) is 58.6 Å². The highest BCUT2D eigenvalue weighted by molar-refractivity contribution is 7.98. The molecular weight excluding hydrogens is 310 g/mol. The summed E-state index contributed by atoms with van der Waals surface area (Å²) in [6.45, 7) is 0.873. The van der Waals surface area contributed by atoms with Crippen LogP contribution in [0.25, 0.3) is 0 Å². The summed E-state index contributed by atoms with van der Waals surface area (Å²) in [5.74, 6) is 0.720. The summed E-state index contributed by atoms with van der Waals surface area (Å²) in [6.07, 6.45) is 2.07. The van der Waals surface area contributed by atoms with Crippen molar-refractivity contribution in [1.82, 2.24) is 5.32 Å². The largest absolute Gasteiger partial charge is 0.493 e. The van der Waals surface area contributed by atoms with Crippen molar-refractivity contribution < 1.29 is 14.6 Å². The van der Waals surface area contributed by atoms with E-state index < -0.39 is 6.10 Å². The van der Waals surface area contributed by atoms with Gasteiger partial charge in [-0.05, 0) is 41.6 Å². The van der Waals surface area contributed by atoms with E-state index in [-0.39, 0.29) is 12.5 Å². The normalized spacial score (nSPS) is 14.0.